The molecule has 3 fully saturated rings. The summed E-state index contributed by atoms with van der Waals surface area (Å²) in [4.78, 5) is 26.0. The van der Waals surface area contributed by atoms with E-state index in [1.165, 1.54) is 0 Å². The third-order valence-corrected chi connectivity index (χ3v) is 7.24. The van der Waals surface area contributed by atoms with Gasteiger partial charge in [0.1, 0.15) is 0 Å². The average Bonchev–Trinajstić information content (AvgIpc) is 3.37. The van der Waals surface area contributed by atoms with Gasteiger partial charge in [-0.2, -0.15) is 0 Å². The summed E-state index contributed by atoms with van der Waals surface area (Å²) in [7, 11) is 0. The summed E-state index contributed by atoms with van der Waals surface area (Å²) in [6.07, 6.45) is 2.19. The highest BCUT2D eigenvalue weighted by Gasteiger charge is 2.80. The molecule has 4 heteroatoms. The molecule has 22 heavy (non-hydrogen) atoms. The van der Waals surface area contributed by atoms with Gasteiger partial charge in [0.2, 0.25) is 0 Å². The summed E-state index contributed by atoms with van der Waals surface area (Å²) in [5.74, 6) is 0.407. The molecule has 2 bridgehead atoms. The van der Waals surface area contributed by atoms with Crippen molar-refractivity contribution >= 4 is 11.6 Å². The molecule has 2 spiro atoms. The van der Waals surface area contributed by atoms with E-state index in [-0.39, 0.29) is 29.3 Å². The molecule has 6 rings (SSSR count). The topological polar surface area (TPSA) is 59.2 Å². The first-order valence-corrected chi connectivity index (χ1v) is 8.04. The fraction of sp³-hybridized carbons (Fsp3) is 0.667. The molecule has 6 atom stereocenters. The predicted molar refractivity (Wildman–Crippen MR) is 78.1 cm³/mol. The molecule has 0 amide bonds. The normalized spacial score (nSPS) is 54.9. The molecule has 0 aromatic rings. The Balaban J connectivity index is 1.82. The minimum atomic E-state index is -0.697. The Hall–Kier alpha value is -1.26. The van der Waals surface area contributed by atoms with Gasteiger partial charge >= 0.3 is 0 Å². The van der Waals surface area contributed by atoms with E-state index >= 15 is 0 Å². The van der Waals surface area contributed by atoms with Gasteiger partial charge in [-0.15, -0.1) is 0 Å². The number of hydrogen-bond donors (Lipinski definition) is 0. The Bertz CT molecular complexity index is 719. The summed E-state index contributed by atoms with van der Waals surface area (Å²) in [6.45, 7) is 8.98. The van der Waals surface area contributed by atoms with Crippen LogP contribution in [0.4, 0.5) is 0 Å². The number of ether oxygens (including phenoxy) is 2. The number of Topliss-reactive ketones (excluding diaryl/α,β-unsaturated/α-hetero) is 2. The van der Waals surface area contributed by atoms with E-state index in [9.17, 15) is 9.59 Å². The fourth-order valence-corrected chi connectivity index (χ4v) is 5.64. The Morgan fingerprint density at radius 2 is 1.68 bits per heavy atom. The van der Waals surface area contributed by atoms with Crippen LogP contribution in [0.2, 0.25) is 0 Å². The van der Waals surface area contributed by atoms with Crippen molar-refractivity contribution in [2.24, 2.45) is 23.2 Å². The summed E-state index contributed by atoms with van der Waals surface area (Å²) >= 11 is 0. The zero-order valence-corrected chi connectivity index (χ0v) is 13.4. The summed E-state index contributed by atoms with van der Waals surface area (Å²) < 4.78 is 11.4. The van der Waals surface area contributed by atoms with Gasteiger partial charge in [0.25, 0.3) is 0 Å². The van der Waals surface area contributed by atoms with Crippen LogP contribution in [0.3, 0.4) is 0 Å². The van der Waals surface area contributed by atoms with Gasteiger partial charge in [-0.3, -0.25) is 9.59 Å². The van der Waals surface area contributed by atoms with E-state index in [0.29, 0.717) is 13.2 Å². The number of epoxide rings is 2. The number of hydrogen-bond acceptors (Lipinski definition) is 4. The molecule has 0 unspecified atom stereocenters. The van der Waals surface area contributed by atoms with Crippen LogP contribution in [0.15, 0.2) is 22.8 Å². The molecule has 116 valence electrons. The van der Waals surface area contributed by atoms with Gasteiger partial charge in [-0.25, -0.2) is 0 Å². The lowest BCUT2D eigenvalue weighted by atomic mass is 9.42. The molecule has 2 heterocycles. The summed E-state index contributed by atoms with van der Waals surface area (Å²) in [5.41, 5.74) is 1.04. The molecule has 4 aliphatic carbocycles. The molecule has 0 aromatic heterocycles. The van der Waals surface area contributed by atoms with E-state index < -0.39 is 16.6 Å². The van der Waals surface area contributed by atoms with Crippen molar-refractivity contribution in [2.45, 2.75) is 38.9 Å². The molecule has 2 saturated heterocycles. The van der Waals surface area contributed by atoms with Crippen molar-refractivity contribution in [1.82, 2.24) is 0 Å². The van der Waals surface area contributed by atoms with Crippen molar-refractivity contribution in [3.05, 3.63) is 22.8 Å². The Kier molecular flexibility index (Phi) is 1.99. The van der Waals surface area contributed by atoms with Crippen molar-refractivity contribution in [3.8, 4) is 0 Å². The largest absolute Gasteiger partial charge is 0.361 e. The lowest BCUT2D eigenvalue weighted by molar-refractivity contribution is -0.152. The molecule has 4 nitrogen and oxygen atoms in total. The van der Waals surface area contributed by atoms with E-state index in [1.54, 1.807) is 0 Å². The number of rotatable bonds is 0. The summed E-state index contributed by atoms with van der Waals surface area (Å²) in [6, 6.07) is 0. The molecule has 6 aliphatic rings. The molecule has 0 aromatic carbocycles. The van der Waals surface area contributed by atoms with Crippen molar-refractivity contribution in [1.29, 1.82) is 0 Å². The second-order valence-corrected chi connectivity index (χ2v) is 7.90. The number of ketones is 2. The van der Waals surface area contributed by atoms with Gasteiger partial charge < -0.3 is 9.47 Å². The maximum atomic E-state index is 13.2. The van der Waals surface area contributed by atoms with Crippen molar-refractivity contribution in [3.63, 3.8) is 0 Å². The second-order valence-electron chi connectivity index (χ2n) is 7.90. The minimum Gasteiger partial charge on any atom is -0.361 e. The lowest BCUT2D eigenvalue weighted by Gasteiger charge is -2.58. The van der Waals surface area contributed by atoms with Crippen LogP contribution in [0, 0.1) is 23.2 Å². The molecular weight excluding hydrogens is 280 g/mol. The van der Waals surface area contributed by atoms with Crippen LogP contribution in [0.25, 0.3) is 0 Å². The predicted octanol–water partition coefficient (Wildman–Crippen LogP) is 1.84. The Morgan fingerprint density at radius 1 is 1.09 bits per heavy atom. The van der Waals surface area contributed by atoms with Crippen molar-refractivity contribution < 1.29 is 19.1 Å². The van der Waals surface area contributed by atoms with Crippen LogP contribution in [-0.4, -0.2) is 36.0 Å². The van der Waals surface area contributed by atoms with Crippen LogP contribution >= 0.6 is 0 Å². The summed E-state index contributed by atoms with van der Waals surface area (Å²) in [5, 5.41) is 0. The van der Waals surface area contributed by atoms with E-state index in [0.717, 1.165) is 16.7 Å². The first kappa shape index (κ1) is 13.2. The minimum absolute atomic E-state index is 0.0266. The SMILES string of the molecule is CC1=C[C@@H]2[C@H]3[C@H](C(C)=C(C)C(=O)[C@]34CO4)[C@@]1(C)C(=O)[C@]21CO1. The second kappa shape index (κ2) is 3.31. The fourth-order valence-electron chi connectivity index (χ4n) is 5.64. The first-order chi connectivity index (χ1) is 10.3. The van der Waals surface area contributed by atoms with Gasteiger partial charge in [-0.1, -0.05) is 17.2 Å². The van der Waals surface area contributed by atoms with Crippen LogP contribution < -0.4 is 0 Å². The third kappa shape index (κ3) is 1.06. The Morgan fingerprint density at radius 3 is 2.23 bits per heavy atom. The lowest BCUT2D eigenvalue weighted by Crippen LogP contribution is -2.67. The van der Waals surface area contributed by atoms with Gasteiger partial charge in [0.05, 0.1) is 18.6 Å². The zero-order valence-electron chi connectivity index (χ0n) is 13.4. The highest BCUT2D eigenvalue weighted by atomic mass is 16.6. The standard InChI is InChI=1S/C18H20O4/c1-8-5-11-13-12(16(8,4)15(20)17(11)6-21-17)9(2)10(3)14(19)18(13)7-22-18/h5,11-13H,6-7H2,1-4H3/t11-,12+,13+,16+,17+,18+/m1/s1. The third-order valence-electron chi connectivity index (χ3n) is 7.24. The Labute approximate surface area is 129 Å². The van der Waals surface area contributed by atoms with Crippen LogP contribution in [0.1, 0.15) is 27.7 Å². The average molecular weight is 300 g/mol. The van der Waals surface area contributed by atoms with E-state index in [1.807, 2.05) is 20.8 Å². The molecule has 1 saturated carbocycles. The molecule has 2 aliphatic heterocycles. The maximum Gasteiger partial charge on any atom is 0.193 e. The molecule has 0 N–H and O–H groups in total. The number of carbonyl (C=O) groups is 2. The zero-order chi connectivity index (χ0) is 15.7. The smallest absolute Gasteiger partial charge is 0.193 e. The first-order valence-electron chi connectivity index (χ1n) is 8.04. The molecular formula is C18H20O4. The van der Waals surface area contributed by atoms with Crippen molar-refractivity contribution in [2.75, 3.05) is 13.2 Å². The quantitative estimate of drug-likeness (QED) is 0.506. The highest BCUT2D eigenvalue weighted by Crippen LogP contribution is 2.69. The van der Waals surface area contributed by atoms with Gasteiger partial charge in [0, 0.05) is 17.8 Å². The van der Waals surface area contributed by atoms with Crippen LogP contribution in [-0.2, 0) is 19.1 Å². The number of carbonyl (C=O) groups excluding carboxylic acids is 2. The highest BCUT2D eigenvalue weighted by molar-refractivity contribution is 6.08. The maximum absolute atomic E-state index is 13.2. The molecule has 0 radical (unpaired) electrons. The van der Waals surface area contributed by atoms with Gasteiger partial charge in [0.15, 0.2) is 22.8 Å². The van der Waals surface area contributed by atoms with E-state index in [2.05, 4.69) is 13.0 Å². The van der Waals surface area contributed by atoms with Crippen LogP contribution in [0.5, 0.6) is 0 Å². The van der Waals surface area contributed by atoms with E-state index in [4.69, 9.17) is 9.47 Å². The monoisotopic (exact) mass is 300 g/mol. The van der Waals surface area contributed by atoms with Gasteiger partial charge in [-0.05, 0) is 33.3 Å². The number of allylic oxidation sites excluding steroid dienone is 2.